The molecular formula is C12H3Cl6NO2. The molecule has 0 unspecified atom stereocenters. The predicted octanol–water partition coefficient (Wildman–Crippen LogP) is 6.37. The van der Waals surface area contributed by atoms with Crippen LogP contribution in [-0.4, -0.2) is 16.1 Å². The maximum absolute atomic E-state index is 11.3. The Morgan fingerprint density at radius 3 is 1.86 bits per heavy atom. The van der Waals surface area contributed by atoms with Gasteiger partial charge in [-0.3, -0.25) is 0 Å². The minimum Gasteiger partial charge on any atom is -0.478 e. The molecule has 0 atom stereocenters. The lowest BCUT2D eigenvalue weighted by Gasteiger charge is -2.14. The van der Waals surface area contributed by atoms with Gasteiger partial charge < -0.3 is 5.11 Å². The van der Waals surface area contributed by atoms with Crippen LogP contribution in [0.3, 0.4) is 0 Å². The minimum absolute atomic E-state index is 0.00884. The highest BCUT2D eigenvalue weighted by atomic mass is 35.5. The molecule has 9 heteroatoms. The number of carboxylic acid groups (broad SMARTS) is 1. The summed E-state index contributed by atoms with van der Waals surface area (Å²) in [5.41, 5.74) is 0.106. The molecule has 0 aliphatic carbocycles. The molecule has 0 bridgehead atoms. The Balaban J connectivity index is 2.89. The molecule has 0 spiro atoms. The van der Waals surface area contributed by atoms with Gasteiger partial charge in [0.05, 0.1) is 30.7 Å². The van der Waals surface area contributed by atoms with Crippen molar-refractivity contribution in [2.24, 2.45) is 0 Å². The number of nitrogens with zero attached hydrogens (tertiary/aromatic N) is 1. The first-order chi connectivity index (χ1) is 9.75. The highest BCUT2D eigenvalue weighted by molar-refractivity contribution is 6.56. The zero-order valence-electron chi connectivity index (χ0n) is 9.73. The number of aromatic carboxylic acids is 1. The second-order valence-electron chi connectivity index (χ2n) is 3.80. The number of hydrogen-bond donors (Lipinski definition) is 1. The average molecular weight is 406 g/mol. The summed E-state index contributed by atoms with van der Waals surface area (Å²) in [5.74, 6) is -1.23. The van der Waals surface area contributed by atoms with E-state index in [0.717, 1.165) is 0 Å². The van der Waals surface area contributed by atoms with Crippen LogP contribution in [0, 0.1) is 0 Å². The number of benzene rings is 1. The lowest BCUT2D eigenvalue weighted by atomic mass is 10.0. The molecule has 0 aliphatic rings. The fourth-order valence-corrected chi connectivity index (χ4v) is 3.15. The molecule has 1 heterocycles. The van der Waals surface area contributed by atoms with Crippen molar-refractivity contribution < 1.29 is 9.90 Å². The van der Waals surface area contributed by atoms with Crippen molar-refractivity contribution in [2.45, 2.75) is 0 Å². The van der Waals surface area contributed by atoms with Crippen LogP contribution in [0.2, 0.25) is 30.3 Å². The van der Waals surface area contributed by atoms with Crippen LogP contribution < -0.4 is 0 Å². The summed E-state index contributed by atoms with van der Waals surface area (Å²) in [4.78, 5) is 15.2. The molecule has 1 aromatic carbocycles. The molecule has 0 saturated carbocycles. The van der Waals surface area contributed by atoms with E-state index in [2.05, 4.69) is 4.98 Å². The van der Waals surface area contributed by atoms with E-state index in [4.69, 9.17) is 69.6 Å². The zero-order chi connectivity index (χ0) is 15.9. The number of carbonyl (C=O) groups is 1. The summed E-state index contributed by atoms with van der Waals surface area (Å²) >= 11 is 35.8. The molecule has 2 rings (SSSR count). The molecule has 0 saturated heterocycles. The molecule has 2 aromatic rings. The Kier molecular flexibility index (Phi) is 5.14. The molecule has 0 amide bonds. The number of aromatic nitrogens is 1. The standard InChI is InChI=1S/C12H3Cl6NO2/c13-5-1-3(12(20)21)4(2-19-5)6-7(14)9(16)11(18)10(17)8(6)15/h1-2H,(H,20,21). The van der Waals surface area contributed by atoms with Crippen LogP contribution in [0.4, 0.5) is 0 Å². The van der Waals surface area contributed by atoms with Gasteiger partial charge >= 0.3 is 5.97 Å². The summed E-state index contributed by atoms with van der Waals surface area (Å²) in [5, 5.41) is 9.14. The first-order valence-corrected chi connectivity index (χ1v) is 7.43. The van der Waals surface area contributed by atoms with Crippen molar-refractivity contribution in [3.8, 4) is 11.1 Å². The summed E-state index contributed by atoms with van der Waals surface area (Å²) in [6, 6.07) is 1.17. The molecule has 1 aromatic heterocycles. The van der Waals surface area contributed by atoms with Gasteiger partial charge in [-0.15, -0.1) is 0 Å². The molecule has 110 valence electrons. The van der Waals surface area contributed by atoms with Gasteiger partial charge in [0.15, 0.2) is 0 Å². The maximum Gasteiger partial charge on any atom is 0.336 e. The van der Waals surface area contributed by atoms with Gasteiger partial charge in [-0.25, -0.2) is 9.78 Å². The fourth-order valence-electron chi connectivity index (χ4n) is 1.65. The van der Waals surface area contributed by atoms with Crippen LogP contribution in [0.5, 0.6) is 0 Å². The molecule has 3 nitrogen and oxygen atoms in total. The van der Waals surface area contributed by atoms with Gasteiger partial charge in [0.2, 0.25) is 0 Å². The van der Waals surface area contributed by atoms with Gasteiger partial charge in [-0.1, -0.05) is 69.6 Å². The second-order valence-corrected chi connectivity index (χ2v) is 6.08. The van der Waals surface area contributed by atoms with Crippen LogP contribution in [-0.2, 0) is 0 Å². The second kappa shape index (κ2) is 6.37. The quantitative estimate of drug-likeness (QED) is 0.359. The van der Waals surface area contributed by atoms with Crippen molar-refractivity contribution in [1.82, 2.24) is 4.98 Å². The monoisotopic (exact) mass is 403 g/mol. The van der Waals surface area contributed by atoms with Gasteiger partial charge in [-0.2, -0.15) is 0 Å². The lowest BCUT2D eigenvalue weighted by molar-refractivity contribution is 0.0697. The minimum atomic E-state index is -1.23. The molecule has 0 fully saturated rings. The summed E-state index contributed by atoms with van der Waals surface area (Å²) in [6.07, 6.45) is 1.22. The van der Waals surface area contributed by atoms with Crippen molar-refractivity contribution >= 4 is 75.6 Å². The van der Waals surface area contributed by atoms with Crippen LogP contribution in [0.1, 0.15) is 10.4 Å². The number of halogens is 6. The smallest absolute Gasteiger partial charge is 0.336 e. The molecule has 0 radical (unpaired) electrons. The lowest BCUT2D eigenvalue weighted by Crippen LogP contribution is -2.02. The summed E-state index contributed by atoms with van der Waals surface area (Å²) in [7, 11) is 0. The molecular weight excluding hydrogens is 403 g/mol. The van der Waals surface area contributed by atoms with Crippen molar-refractivity contribution in [1.29, 1.82) is 0 Å². The van der Waals surface area contributed by atoms with E-state index in [0.29, 0.717) is 0 Å². The first kappa shape index (κ1) is 16.9. The van der Waals surface area contributed by atoms with E-state index in [1.54, 1.807) is 0 Å². The average Bonchev–Trinajstić information content (AvgIpc) is 2.44. The van der Waals surface area contributed by atoms with E-state index in [-0.39, 0.29) is 47.0 Å². The van der Waals surface area contributed by atoms with Gasteiger partial charge in [0.1, 0.15) is 5.15 Å². The third kappa shape index (κ3) is 3.04. The Morgan fingerprint density at radius 1 is 0.905 bits per heavy atom. The van der Waals surface area contributed by atoms with Crippen LogP contribution in [0.15, 0.2) is 12.3 Å². The van der Waals surface area contributed by atoms with Crippen molar-refractivity contribution in [3.05, 3.63) is 48.1 Å². The number of pyridine rings is 1. The molecule has 21 heavy (non-hydrogen) atoms. The van der Waals surface area contributed by atoms with Crippen LogP contribution >= 0.6 is 69.6 Å². The van der Waals surface area contributed by atoms with Crippen LogP contribution in [0.25, 0.3) is 11.1 Å². The maximum atomic E-state index is 11.3. The zero-order valence-corrected chi connectivity index (χ0v) is 14.3. The Labute approximate surface area is 149 Å². The SMILES string of the molecule is O=C(O)c1cc(Cl)ncc1-c1c(Cl)c(Cl)c(Cl)c(Cl)c1Cl. The Bertz CT molecular complexity index is 733. The third-order valence-corrected chi connectivity index (χ3v) is 5.06. The van der Waals surface area contributed by atoms with Crippen molar-refractivity contribution in [3.63, 3.8) is 0 Å². The van der Waals surface area contributed by atoms with Gasteiger partial charge in [0, 0.05) is 17.3 Å². The highest BCUT2D eigenvalue weighted by Gasteiger charge is 2.24. The first-order valence-electron chi connectivity index (χ1n) is 5.16. The summed E-state index contributed by atoms with van der Waals surface area (Å²) < 4.78 is 0. The van der Waals surface area contributed by atoms with E-state index in [1.165, 1.54) is 12.3 Å². The predicted molar refractivity (Wildman–Crippen MR) is 86.7 cm³/mol. The van der Waals surface area contributed by atoms with Gasteiger partial charge in [0.25, 0.3) is 0 Å². The summed E-state index contributed by atoms with van der Waals surface area (Å²) in [6.45, 7) is 0. The van der Waals surface area contributed by atoms with Crippen molar-refractivity contribution in [2.75, 3.05) is 0 Å². The largest absolute Gasteiger partial charge is 0.478 e. The third-order valence-electron chi connectivity index (χ3n) is 2.58. The van der Waals surface area contributed by atoms with Gasteiger partial charge in [-0.05, 0) is 6.07 Å². The topological polar surface area (TPSA) is 50.2 Å². The molecule has 1 N–H and O–H groups in total. The highest BCUT2D eigenvalue weighted by Crippen LogP contribution is 2.48. The van der Waals surface area contributed by atoms with E-state index in [1.807, 2.05) is 0 Å². The van der Waals surface area contributed by atoms with E-state index >= 15 is 0 Å². The molecule has 0 aliphatic heterocycles. The van der Waals surface area contributed by atoms with E-state index < -0.39 is 5.97 Å². The number of hydrogen-bond acceptors (Lipinski definition) is 2. The normalized spacial score (nSPS) is 10.8. The number of rotatable bonds is 2. The van der Waals surface area contributed by atoms with E-state index in [9.17, 15) is 9.90 Å². The number of carboxylic acids is 1. The Hall–Kier alpha value is -0.420. The fraction of sp³-hybridized carbons (Fsp3) is 0. The Morgan fingerprint density at radius 2 is 1.38 bits per heavy atom.